The summed E-state index contributed by atoms with van der Waals surface area (Å²) in [5.41, 5.74) is 5.62. The monoisotopic (exact) mass is 254 g/mol. The Hall–Kier alpha value is -0.570. The number of carbonyl (C=O) groups excluding carboxylic acids is 1. The summed E-state index contributed by atoms with van der Waals surface area (Å²) in [7, 11) is 0. The van der Waals surface area contributed by atoms with Crippen LogP contribution < -0.4 is 11.1 Å². The molecule has 0 bridgehead atoms. The number of rotatable bonds is 7. The van der Waals surface area contributed by atoms with Gasteiger partial charge in [0.15, 0.2) is 0 Å². The molecule has 0 aliphatic heterocycles. The summed E-state index contributed by atoms with van der Waals surface area (Å²) in [6.45, 7) is 4.87. The zero-order chi connectivity index (χ0) is 13.4. The van der Waals surface area contributed by atoms with Crippen LogP contribution in [0.4, 0.5) is 0 Å². The molecule has 1 unspecified atom stereocenters. The van der Waals surface area contributed by atoms with Crippen LogP contribution in [0.3, 0.4) is 0 Å². The minimum absolute atomic E-state index is 0.162. The van der Waals surface area contributed by atoms with Gasteiger partial charge in [0.05, 0.1) is 0 Å². The van der Waals surface area contributed by atoms with E-state index in [1.165, 1.54) is 32.1 Å². The molecule has 3 nitrogen and oxygen atoms in total. The lowest BCUT2D eigenvalue weighted by Crippen LogP contribution is -2.43. The molecule has 0 heterocycles. The maximum Gasteiger partial charge on any atom is 0.223 e. The lowest BCUT2D eigenvalue weighted by Gasteiger charge is -2.29. The summed E-state index contributed by atoms with van der Waals surface area (Å²) in [6, 6.07) is 0.162. The quantitative estimate of drug-likeness (QED) is 0.734. The SMILES string of the molecule is CCCCC1CCC(C(=O)NC(CC)CN)CC1. The van der Waals surface area contributed by atoms with Crippen LogP contribution in [0.2, 0.25) is 0 Å². The standard InChI is InChI=1S/C15H30N2O/c1-3-5-6-12-7-9-13(10-8-12)15(18)17-14(4-2)11-16/h12-14H,3-11,16H2,1-2H3,(H,17,18). The van der Waals surface area contributed by atoms with Crippen LogP contribution in [0, 0.1) is 11.8 Å². The molecule has 0 aromatic rings. The second-order valence-corrected chi connectivity index (χ2v) is 5.71. The average Bonchev–Trinajstić information content (AvgIpc) is 2.42. The van der Waals surface area contributed by atoms with Crippen molar-refractivity contribution in [3.8, 4) is 0 Å². The molecular weight excluding hydrogens is 224 g/mol. The number of amides is 1. The molecule has 1 aliphatic carbocycles. The van der Waals surface area contributed by atoms with E-state index in [0.29, 0.717) is 6.54 Å². The van der Waals surface area contributed by atoms with E-state index >= 15 is 0 Å². The second-order valence-electron chi connectivity index (χ2n) is 5.71. The normalized spacial score (nSPS) is 25.7. The number of carbonyl (C=O) groups is 1. The van der Waals surface area contributed by atoms with Gasteiger partial charge in [-0.2, -0.15) is 0 Å². The Morgan fingerprint density at radius 2 is 1.94 bits per heavy atom. The number of nitrogens with two attached hydrogens (primary N) is 1. The van der Waals surface area contributed by atoms with Crippen LogP contribution in [0.15, 0.2) is 0 Å². The van der Waals surface area contributed by atoms with E-state index in [1.54, 1.807) is 0 Å². The number of unbranched alkanes of at least 4 members (excludes halogenated alkanes) is 1. The van der Waals surface area contributed by atoms with Crippen molar-refractivity contribution in [2.24, 2.45) is 17.6 Å². The number of nitrogens with one attached hydrogen (secondary N) is 1. The molecule has 1 fully saturated rings. The van der Waals surface area contributed by atoms with Crippen molar-refractivity contribution in [1.29, 1.82) is 0 Å². The third kappa shape index (κ3) is 4.97. The van der Waals surface area contributed by atoms with Gasteiger partial charge in [0.1, 0.15) is 0 Å². The maximum absolute atomic E-state index is 12.1. The summed E-state index contributed by atoms with van der Waals surface area (Å²) >= 11 is 0. The Bertz CT molecular complexity index is 231. The Kier molecular flexibility index (Phi) is 7.33. The molecule has 0 spiro atoms. The predicted molar refractivity (Wildman–Crippen MR) is 76.2 cm³/mol. The van der Waals surface area contributed by atoms with Crippen molar-refractivity contribution in [2.45, 2.75) is 71.3 Å². The molecule has 1 saturated carbocycles. The highest BCUT2D eigenvalue weighted by Gasteiger charge is 2.26. The number of hydrogen-bond donors (Lipinski definition) is 2. The summed E-state index contributed by atoms with van der Waals surface area (Å²) in [5.74, 6) is 1.34. The van der Waals surface area contributed by atoms with Gasteiger partial charge in [0.2, 0.25) is 5.91 Å². The largest absolute Gasteiger partial charge is 0.352 e. The van der Waals surface area contributed by atoms with E-state index in [0.717, 1.165) is 25.2 Å². The molecule has 3 N–H and O–H groups in total. The first-order chi connectivity index (χ1) is 8.71. The second kappa shape index (κ2) is 8.52. The van der Waals surface area contributed by atoms with Crippen molar-refractivity contribution < 1.29 is 4.79 Å². The van der Waals surface area contributed by atoms with Crippen LogP contribution in [0.5, 0.6) is 0 Å². The minimum Gasteiger partial charge on any atom is -0.352 e. The topological polar surface area (TPSA) is 55.1 Å². The summed E-state index contributed by atoms with van der Waals surface area (Å²) in [6.07, 6.45) is 9.51. The zero-order valence-electron chi connectivity index (χ0n) is 12.1. The van der Waals surface area contributed by atoms with Gasteiger partial charge in [-0.25, -0.2) is 0 Å². The molecule has 1 atom stereocenters. The smallest absolute Gasteiger partial charge is 0.223 e. The van der Waals surface area contributed by atoms with Gasteiger partial charge in [0, 0.05) is 18.5 Å². The molecule has 106 valence electrons. The van der Waals surface area contributed by atoms with Crippen molar-refractivity contribution in [3.05, 3.63) is 0 Å². The molecule has 0 saturated heterocycles. The van der Waals surface area contributed by atoms with Crippen molar-refractivity contribution in [1.82, 2.24) is 5.32 Å². The molecule has 18 heavy (non-hydrogen) atoms. The Balaban J connectivity index is 2.27. The van der Waals surface area contributed by atoms with E-state index in [4.69, 9.17) is 5.73 Å². The van der Waals surface area contributed by atoms with Crippen molar-refractivity contribution in [2.75, 3.05) is 6.54 Å². The first kappa shape index (κ1) is 15.5. The fourth-order valence-electron chi connectivity index (χ4n) is 2.85. The molecular formula is C15H30N2O. The molecule has 3 heteroatoms. The Morgan fingerprint density at radius 3 is 2.44 bits per heavy atom. The lowest BCUT2D eigenvalue weighted by atomic mass is 9.79. The van der Waals surface area contributed by atoms with Crippen LogP contribution in [0.25, 0.3) is 0 Å². The van der Waals surface area contributed by atoms with Gasteiger partial charge >= 0.3 is 0 Å². The summed E-state index contributed by atoms with van der Waals surface area (Å²) in [4.78, 5) is 12.1. The Morgan fingerprint density at radius 1 is 1.28 bits per heavy atom. The van der Waals surface area contributed by atoms with Gasteiger partial charge < -0.3 is 11.1 Å². The van der Waals surface area contributed by atoms with E-state index in [-0.39, 0.29) is 17.9 Å². The van der Waals surface area contributed by atoms with Crippen LogP contribution in [-0.2, 0) is 4.79 Å². The fraction of sp³-hybridized carbons (Fsp3) is 0.933. The highest BCUT2D eigenvalue weighted by atomic mass is 16.1. The van der Waals surface area contributed by atoms with E-state index < -0.39 is 0 Å². The van der Waals surface area contributed by atoms with Crippen LogP contribution in [0.1, 0.15) is 65.2 Å². The molecule has 1 rings (SSSR count). The number of hydrogen-bond acceptors (Lipinski definition) is 2. The predicted octanol–water partition coefficient (Wildman–Crippen LogP) is 2.84. The molecule has 0 aromatic carbocycles. The van der Waals surface area contributed by atoms with Gasteiger partial charge in [-0.1, -0.05) is 33.1 Å². The maximum atomic E-state index is 12.1. The van der Waals surface area contributed by atoms with Gasteiger partial charge in [-0.15, -0.1) is 0 Å². The van der Waals surface area contributed by atoms with E-state index in [9.17, 15) is 4.79 Å². The first-order valence-electron chi connectivity index (χ1n) is 7.71. The highest BCUT2D eigenvalue weighted by molar-refractivity contribution is 5.79. The zero-order valence-corrected chi connectivity index (χ0v) is 12.1. The van der Waals surface area contributed by atoms with Gasteiger partial charge in [-0.3, -0.25) is 4.79 Å². The van der Waals surface area contributed by atoms with Crippen molar-refractivity contribution in [3.63, 3.8) is 0 Å². The molecule has 1 amide bonds. The van der Waals surface area contributed by atoms with E-state index in [1.807, 2.05) is 0 Å². The lowest BCUT2D eigenvalue weighted by molar-refractivity contribution is -0.126. The van der Waals surface area contributed by atoms with Crippen LogP contribution >= 0.6 is 0 Å². The molecule has 1 aliphatic rings. The molecule has 0 radical (unpaired) electrons. The van der Waals surface area contributed by atoms with E-state index in [2.05, 4.69) is 19.2 Å². The first-order valence-corrected chi connectivity index (χ1v) is 7.71. The third-order valence-corrected chi connectivity index (χ3v) is 4.31. The summed E-state index contributed by atoms with van der Waals surface area (Å²) < 4.78 is 0. The van der Waals surface area contributed by atoms with Crippen LogP contribution in [-0.4, -0.2) is 18.5 Å². The average molecular weight is 254 g/mol. The van der Waals surface area contributed by atoms with Crippen molar-refractivity contribution >= 4 is 5.91 Å². The Labute approximate surface area is 112 Å². The minimum atomic E-state index is 0.162. The van der Waals surface area contributed by atoms with Gasteiger partial charge in [0.25, 0.3) is 0 Å². The van der Waals surface area contributed by atoms with Gasteiger partial charge in [-0.05, 0) is 38.0 Å². The molecule has 0 aromatic heterocycles. The fourth-order valence-corrected chi connectivity index (χ4v) is 2.85. The third-order valence-electron chi connectivity index (χ3n) is 4.31. The highest BCUT2D eigenvalue weighted by Crippen LogP contribution is 2.31. The summed E-state index contributed by atoms with van der Waals surface area (Å²) in [5, 5.41) is 3.08.